The van der Waals surface area contributed by atoms with Gasteiger partial charge in [-0.2, -0.15) is 0 Å². The van der Waals surface area contributed by atoms with Gasteiger partial charge in [0.1, 0.15) is 5.82 Å². The minimum Gasteiger partial charge on any atom is -0.338 e. The van der Waals surface area contributed by atoms with E-state index in [4.69, 9.17) is 11.6 Å². The lowest BCUT2D eigenvalue weighted by molar-refractivity contribution is 0.0714. The summed E-state index contributed by atoms with van der Waals surface area (Å²) in [6, 6.07) is 4.13. The summed E-state index contributed by atoms with van der Waals surface area (Å²) in [7, 11) is 0. The number of rotatable bonds is 5. The fourth-order valence-corrected chi connectivity index (χ4v) is 2.94. The first-order valence-corrected chi connectivity index (χ1v) is 7.94. The Bertz CT molecular complexity index is 489. The Hall–Kier alpha value is -1.13. The van der Waals surface area contributed by atoms with Gasteiger partial charge in [-0.25, -0.2) is 4.39 Å². The zero-order valence-corrected chi connectivity index (χ0v) is 13.1. The van der Waals surface area contributed by atoms with E-state index >= 15 is 0 Å². The summed E-state index contributed by atoms with van der Waals surface area (Å²) in [6.07, 6.45) is 3.09. The van der Waals surface area contributed by atoms with Crippen molar-refractivity contribution in [3.63, 3.8) is 0 Å². The summed E-state index contributed by atoms with van der Waals surface area (Å²) in [4.78, 5) is 14.3. The number of benzene rings is 1. The van der Waals surface area contributed by atoms with E-state index in [1.54, 1.807) is 4.90 Å². The molecule has 1 aromatic rings. The lowest BCUT2D eigenvalue weighted by Crippen LogP contribution is -2.41. The van der Waals surface area contributed by atoms with Crippen LogP contribution in [0, 0.1) is 11.7 Å². The van der Waals surface area contributed by atoms with Crippen LogP contribution < -0.4 is 5.32 Å². The van der Waals surface area contributed by atoms with E-state index in [-0.39, 0.29) is 11.5 Å². The first-order valence-electron chi connectivity index (χ1n) is 7.57. The second kappa shape index (κ2) is 7.76. The van der Waals surface area contributed by atoms with Crippen LogP contribution in [-0.4, -0.2) is 37.0 Å². The van der Waals surface area contributed by atoms with Gasteiger partial charge in [-0.3, -0.25) is 4.79 Å². The maximum absolute atomic E-state index is 13.9. The van der Waals surface area contributed by atoms with Crippen molar-refractivity contribution in [2.45, 2.75) is 26.2 Å². The van der Waals surface area contributed by atoms with E-state index in [0.717, 1.165) is 32.4 Å². The Morgan fingerprint density at radius 2 is 2.33 bits per heavy atom. The largest absolute Gasteiger partial charge is 0.338 e. The van der Waals surface area contributed by atoms with Gasteiger partial charge in [0, 0.05) is 18.1 Å². The molecule has 116 valence electrons. The molecule has 1 unspecified atom stereocenters. The number of hydrogen-bond acceptors (Lipinski definition) is 2. The molecule has 21 heavy (non-hydrogen) atoms. The third kappa shape index (κ3) is 4.42. The first kappa shape index (κ1) is 16.2. The third-order valence-electron chi connectivity index (χ3n) is 3.82. The van der Waals surface area contributed by atoms with Gasteiger partial charge in [0.2, 0.25) is 0 Å². The zero-order chi connectivity index (χ0) is 15.2. The number of nitrogens with zero attached hydrogens (tertiary/aromatic N) is 1. The highest BCUT2D eigenvalue weighted by Gasteiger charge is 2.23. The molecule has 0 spiro atoms. The summed E-state index contributed by atoms with van der Waals surface area (Å²) < 4.78 is 13.9. The molecule has 2 rings (SSSR count). The molecule has 0 radical (unpaired) electrons. The standard InChI is InChI=1S/C16H22ClFN2O/c1-2-8-20(11-12-4-3-7-19-10-12)16(21)14-9-13(17)5-6-15(14)18/h5-6,9,12,19H,2-4,7-8,10-11H2,1H3. The fraction of sp³-hybridized carbons (Fsp3) is 0.562. The predicted octanol–water partition coefficient (Wildman–Crippen LogP) is 3.33. The van der Waals surface area contributed by atoms with Crippen LogP contribution >= 0.6 is 11.6 Å². The average Bonchev–Trinajstić information content (AvgIpc) is 2.49. The number of amides is 1. The van der Waals surface area contributed by atoms with Gasteiger partial charge in [-0.05, 0) is 56.5 Å². The van der Waals surface area contributed by atoms with Crippen molar-refractivity contribution in [3.8, 4) is 0 Å². The minimum atomic E-state index is -0.507. The number of carbonyl (C=O) groups excluding carboxylic acids is 1. The van der Waals surface area contributed by atoms with E-state index in [1.807, 2.05) is 6.92 Å². The molecule has 1 atom stereocenters. The van der Waals surface area contributed by atoms with Crippen molar-refractivity contribution in [1.29, 1.82) is 0 Å². The van der Waals surface area contributed by atoms with Gasteiger partial charge in [0.15, 0.2) is 0 Å². The molecule has 1 aliphatic rings. The molecule has 1 N–H and O–H groups in total. The third-order valence-corrected chi connectivity index (χ3v) is 4.05. The van der Waals surface area contributed by atoms with Gasteiger partial charge in [-0.1, -0.05) is 18.5 Å². The molecule has 0 aromatic heterocycles. The molecule has 1 aliphatic heterocycles. The van der Waals surface area contributed by atoms with Crippen molar-refractivity contribution in [3.05, 3.63) is 34.6 Å². The van der Waals surface area contributed by atoms with E-state index in [1.165, 1.54) is 18.2 Å². The van der Waals surface area contributed by atoms with E-state index in [0.29, 0.717) is 24.0 Å². The molecule has 1 heterocycles. The lowest BCUT2D eigenvalue weighted by atomic mass is 9.98. The van der Waals surface area contributed by atoms with Crippen LogP contribution in [0.15, 0.2) is 18.2 Å². The van der Waals surface area contributed by atoms with E-state index < -0.39 is 5.82 Å². The number of carbonyl (C=O) groups is 1. The van der Waals surface area contributed by atoms with E-state index in [9.17, 15) is 9.18 Å². The molecule has 5 heteroatoms. The van der Waals surface area contributed by atoms with Gasteiger partial charge in [-0.15, -0.1) is 0 Å². The summed E-state index contributed by atoms with van der Waals surface area (Å²) >= 11 is 5.89. The van der Waals surface area contributed by atoms with Crippen molar-refractivity contribution in [2.75, 3.05) is 26.2 Å². The van der Waals surface area contributed by atoms with Crippen LogP contribution in [0.2, 0.25) is 5.02 Å². The molecule has 1 aromatic carbocycles. The number of halogens is 2. The van der Waals surface area contributed by atoms with Crippen LogP contribution in [0.25, 0.3) is 0 Å². The summed E-state index contributed by atoms with van der Waals surface area (Å²) in [6.45, 7) is 5.30. The Morgan fingerprint density at radius 3 is 3.00 bits per heavy atom. The highest BCUT2D eigenvalue weighted by Crippen LogP contribution is 2.19. The summed E-state index contributed by atoms with van der Waals surface area (Å²) in [5, 5.41) is 3.73. The topological polar surface area (TPSA) is 32.3 Å². The number of hydrogen-bond donors (Lipinski definition) is 1. The Labute approximate surface area is 130 Å². The molecule has 3 nitrogen and oxygen atoms in total. The van der Waals surface area contributed by atoms with Crippen molar-refractivity contribution in [1.82, 2.24) is 10.2 Å². The Kier molecular flexibility index (Phi) is 6.00. The van der Waals surface area contributed by atoms with Gasteiger partial charge in [0.25, 0.3) is 5.91 Å². The normalized spacial score (nSPS) is 18.5. The van der Waals surface area contributed by atoms with Gasteiger partial charge >= 0.3 is 0 Å². The maximum Gasteiger partial charge on any atom is 0.256 e. The second-order valence-corrected chi connectivity index (χ2v) is 6.02. The minimum absolute atomic E-state index is 0.0692. The van der Waals surface area contributed by atoms with Crippen molar-refractivity contribution < 1.29 is 9.18 Å². The predicted molar refractivity (Wildman–Crippen MR) is 83.2 cm³/mol. The highest BCUT2D eigenvalue weighted by atomic mass is 35.5. The second-order valence-electron chi connectivity index (χ2n) is 5.59. The smallest absolute Gasteiger partial charge is 0.256 e. The molecule has 1 fully saturated rings. The summed E-state index contributed by atoms with van der Waals surface area (Å²) in [5.41, 5.74) is 0.0692. The molecule has 0 aliphatic carbocycles. The van der Waals surface area contributed by atoms with E-state index in [2.05, 4.69) is 5.32 Å². The van der Waals surface area contributed by atoms with Crippen LogP contribution in [0.5, 0.6) is 0 Å². The fourth-order valence-electron chi connectivity index (χ4n) is 2.77. The number of nitrogens with one attached hydrogen (secondary N) is 1. The molecule has 1 amide bonds. The molecule has 1 saturated heterocycles. The monoisotopic (exact) mass is 312 g/mol. The van der Waals surface area contributed by atoms with Crippen LogP contribution in [-0.2, 0) is 0 Å². The quantitative estimate of drug-likeness (QED) is 0.904. The Morgan fingerprint density at radius 1 is 1.52 bits per heavy atom. The summed E-state index contributed by atoms with van der Waals surface area (Å²) in [5.74, 6) is -0.328. The SMILES string of the molecule is CCCN(CC1CCCNC1)C(=O)c1cc(Cl)ccc1F. The molecular formula is C16H22ClFN2O. The van der Waals surface area contributed by atoms with Crippen molar-refractivity contribution in [2.24, 2.45) is 5.92 Å². The molecule has 0 saturated carbocycles. The zero-order valence-electron chi connectivity index (χ0n) is 12.4. The van der Waals surface area contributed by atoms with Crippen molar-refractivity contribution >= 4 is 17.5 Å². The van der Waals surface area contributed by atoms with Crippen LogP contribution in [0.1, 0.15) is 36.5 Å². The average molecular weight is 313 g/mol. The maximum atomic E-state index is 13.9. The highest BCUT2D eigenvalue weighted by molar-refractivity contribution is 6.31. The van der Waals surface area contributed by atoms with Crippen LogP contribution in [0.3, 0.4) is 0 Å². The number of piperidine rings is 1. The van der Waals surface area contributed by atoms with Gasteiger partial charge < -0.3 is 10.2 Å². The lowest BCUT2D eigenvalue weighted by Gasteiger charge is -2.30. The first-order chi connectivity index (χ1) is 10.1. The van der Waals surface area contributed by atoms with Gasteiger partial charge in [0.05, 0.1) is 5.56 Å². The molecular weight excluding hydrogens is 291 g/mol. The molecule has 0 bridgehead atoms. The Balaban J connectivity index is 2.12. The van der Waals surface area contributed by atoms with Crippen LogP contribution in [0.4, 0.5) is 4.39 Å².